The van der Waals surface area contributed by atoms with Gasteiger partial charge in [-0.1, -0.05) is 6.92 Å². The second kappa shape index (κ2) is 6.55. The highest BCUT2D eigenvalue weighted by molar-refractivity contribution is 5.96. The van der Waals surface area contributed by atoms with Crippen LogP contribution in [0.2, 0.25) is 0 Å². The lowest BCUT2D eigenvalue weighted by atomic mass is 10.1. The van der Waals surface area contributed by atoms with Gasteiger partial charge in [0.05, 0.1) is 0 Å². The van der Waals surface area contributed by atoms with Crippen LogP contribution in [0.4, 0.5) is 5.69 Å². The fourth-order valence-electron chi connectivity index (χ4n) is 2.55. The van der Waals surface area contributed by atoms with Crippen LogP contribution in [0, 0.1) is 0 Å². The van der Waals surface area contributed by atoms with Crippen molar-refractivity contribution in [1.29, 1.82) is 0 Å². The van der Waals surface area contributed by atoms with Crippen LogP contribution in [0.1, 0.15) is 37.0 Å². The summed E-state index contributed by atoms with van der Waals surface area (Å²) >= 11 is 0. The summed E-state index contributed by atoms with van der Waals surface area (Å²) < 4.78 is 0. The number of Topliss-reactive ketones (excluding diaryl/α,β-unsaturated/α-hetero) is 1. The van der Waals surface area contributed by atoms with Crippen molar-refractivity contribution in [3.05, 3.63) is 29.8 Å². The van der Waals surface area contributed by atoms with E-state index in [0.717, 1.165) is 43.9 Å². The summed E-state index contributed by atoms with van der Waals surface area (Å²) in [5.74, 6) is 0.325. The largest absolute Gasteiger partial charge is 0.370 e. The van der Waals surface area contributed by atoms with Crippen LogP contribution in [0.15, 0.2) is 24.3 Å². The molecule has 0 N–H and O–H groups in total. The van der Waals surface area contributed by atoms with E-state index >= 15 is 0 Å². The molecule has 4 heteroatoms. The van der Waals surface area contributed by atoms with E-state index in [1.54, 1.807) is 6.92 Å². The third kappa shape index (κ3) is 3.38. The average molecular weight is 274 g/mol. The number of carbonyl (C=O) groups excluding carboxylic acids is 2. The summed E-state index contributed by atoms with van der Waals surface area (Å²) in [5.41, 5.74) is 1.90. The van der Waals surface area contributed by atoms with Gasteiger partial charge in [-0.3, -0.25) is 9.59 Å². The number of hydrogen-bond acceptors (Lipinski definition) is 3. The summed E-state index contributed by atoms with van der Waals surface area (Å²) in [7, 11) is 0. The molecule has 1 fully saturated rings. The molecule has 0 bridgehead atoms. The lowest BCUT2D eigenvalue weighted by Gasteiger charge is -2.23. The van der Waals surface area contributed by atoms with Crippen molar-refractivity contribution in [2.24, 2.45) is 0 Å². The lowest BCUT2D eigenvalue weighted by Crippen LogP contribution is -2.33. The summed E-state index contributed by atoms with van der Waals surface area (Å²) in [5, 5.41) is 0. The van der Waals surface area contributed by atoms with Crippen LogP contribution >= 0.6 is 0 Å². The Morgan fingerprint density at radius 1 is 1.05 bits per heavy atom. The van der Waals surface area contributed by atoms with Crippen LogP contribution < -0.4 is 4.90 Å². The van der Waals surface area contributed by atoms with Crippen molar-refractivity contribution in [1.82, 2.24) is 4.90 Å². The Balaban J connectivity index is 2.04. The number of carbonyl (C=O) groups is 2. The molecule has 1 aromatic carbocycles. The first kappa shape index (κ1) is 14.6. The van der Waals surface area contributed by atoms with Gasteiger partial charge in [-0.15, -0.1) is 0 Å². The second-order valence-corrected chi connectivity index (χ2v) is 5.17. The fraction of sp³-hybridized carbons (Fsp3) is 0.500. The van der Waals surface area contributed by atoms with Gasteiger partial charge in [-0.05, 0) is 30.7 Å². The molecular weight excluding hydrogens is 252 g/mol. The smallest absolute Gasteiger partial charge is 0.219 e. The molecule has 0 radical (unpaired) electrons. The highest BCUT2D eigenvalue weighted by Crippen LogP contribution is 2.18. The molecule has 0 aliphatic carbocycles. The Kier molecular flexibility index (Phi) is 4.77. The first-order valence-corrected chi connectivity index (χ1v) is 7.25. The molecule has 1 aliphatic heterocycles. The van der Waals surface area contributed by atoms with Gasteiger partial charge in [-0.2, -0.15) is 0 Å². The Hall–Kier alpha value is -1.84. The van der Waals surface area contributed by atoms with Crippen LogP contribution in [-0.4, -0.2) is 42.8 Å². The Bertz CT molecular complexity index is 482. The van der Waals surface area contributed by atoms with E-state index in [1.807, 2.05) is 36.1 Å². The number of hydrogen-bond donors (Lipinski definition) is 0. The van der Waals surface area contributed by atoms with Gasteiger partial charge in [0, 0.05) is 50.8 Å². The number of rotatable bonds is 3. The molecule has 0 atom stereocenters. The Morgan fingerprint density at radius 2 is 1.75 bits per heavy atom. The molecule has 0 spiro atoms. The van der Waals surface area contributed by atoms with Gasteiger partial charge in [0.1, 0.15) is 0 Å². The molecule has 1 saturated heterocycles. The van der Waals surface area contributed by atoms with Gasteiger partial charge in [0.2, 0.25) is 5.91 Å². The standard InChI is InChI=1S/C16H22N2O2/c1-3-16(20)14-5-7-15(8-6-14)18-10-4-9-17(11-12-18)13(2)19/h5-8H,3-4,9-12H2,1-2H3. The first-order valence-electron chi connectivity index (χ1n) is 7.25. The highest BCUT2D eigenvalue weighted by Gasteiger charge is 2.16. The minimum atomic E-state index is 0.149. The summed E-state index contributed by atoms with van der Waals surface area (Å²) in [6.07, 6.45) is 1.52. The molecule has 1 aromatic rings. The van der Waals surface area contributed by atoms with Crippen molar-refractivity contribution in [2.45, 2.75) is 26.7 Å². The van der Waals surface area contributed by atoms with E-state index < -0.39 is 0 Å². The van der Waals surface area contributed by atoms with Crippen LogP contribution in [0.5, 0.6) is 0 Å². The minimum absolute atomic E-state index is 0.149. The van der Waals surface area contributed by atoms with Crippen LogP contribution in [-0.2, 0) is 4.79 Å². The molecule has 4 nitrogen and oxygen atoms in total. The van der Waals surface area contributed by atoms with Gasteiger partial charge in [0.15, 0.2) is 5.78 Å². The molecule has 108 valence electrons. The van der Waals surface area contributed by atoms with E-state index in [0.29, 0.717) is 6.42 Å². The van der Waals surface area contributed by atoms with Crippen molar-refractivity contribution < 1.29 is 9.59 Å². The predicted molar refractivity (Wildman–Crippen MR) is 80.1 cm³/mol. The lowest BCUT2D eigenvalue weighted by molar-refractivity contribution is -0.128. The third-order valence-corrected chi connectivity index (χ3v) is 3.82. The molecule has 0 unspecified atom stereocenters. The maximum absolute atomic E-state index is 11.6. The van der Waals surface area contributed by atoms with E-state index in [2.05, 4.69) is 4.90 Å². The number of anilines is 1. The molecular formula is C16H22N2O2. The quantitative estimate of drug-likeness (QED) is 0.794. The fourth-order valence-corrected chi connectivity index (χ4v) is 2.55. The summed E-state index contributed by atoms with van der Waals surface area (Å²) in [6, 6.07) is 7.81. The van der Waals surface area contributed by atoms with Crippen LogP contribution in [0.3, 0.4) is 0 Å². The molecule has 1 heterocycles. The van der Waals surface area contributed by atoms with Gasteiger partial charge in [0.25, 0.3) is 0 Å². The maximum atomic E-state index is 11.6. The molecule has 0 saturated carbocycles. The Labute approximate surface area is 120 Å². The normalized spacial score (nSPS) is 15.9. The number of amides is 1. The zero-order valence-electron chi connectivity index (χ0n) is 12.3. The van der Waals surface area contributed by atoms with Gasteiger partial charge < -0.3 is 9.80 Å². The second-order valence-electron chi connectivity index (χ2n) is 5.17. The van der Waals surface area contributed by atoms with Gasteiger partial charge >= 0.3 is 0 Å². The molecule has 20 heavy (non-hydrogen) atoms. The zero-order valence-corrected chi connectivity index (χ0v) is 12.3. The third-order valence-electron chi connectivity index (χ3n) is 3.82. The zero-order chi connectivity index (χ0) is 14.5. The van der Waals surface area contributed by atoms with Crippen molar-refractivity contribution in [3.8, 4) is 0 Å². The van der Waals surface area contributed by atoms with Gasteiger partial charge in [-0.25, -0.2) is 0 Å². The Morgan fingerprint density at radius 3 is 2.35 bits per heavy atom. The maximum Gasteiger partial charge on any atom is 0.219 e. The molecule has 0 aromatic heterocycles. The monoisotopic (exact) mass is 274 g/mol. The van der Waals surface area contributed by atoms with Crippen LogP contribution in [0.25, 0.3) is 0 Å². The van der Waals surface area contributed by atoms with Crippen molar-refractivity contribution in [2.75, 3.05) is 31.1 Å². The van der Waals surface area contributed by atoms with Crippen molar-refractivity contribution in [3.63, 3.8) is 0 Å². The number of benzene rings is 1. The van der Waals surface area contributed by atoms with Crippen molar-refractivity contribution >= 4 is 17.4 Å². The van der Waals surface area contributed by atoms with E-state index in [4.69, 9.17) is 0 Å². The summed E-state index contributed by atoms with van der Waals surface area (Å²) in [6.45, 7) is 6.90. The SMILES string of the molecule is CCC(=O)c1ccc(N2CCCN(C(C)=O)CC2)cc1. The number of nitrogens with zero attached hydrogens (tertiary/aromatic N) is 2. The molecule has 2 rings (SSSR count). The topological polar surface area (TPSA) is 40.6 Å². The molecule has 1 amide bonds. The average Bonchev–Trinajstić information content (AvgIpc) is 2.72. The first-order chi connectivity index (χ1) is 9.61. The van der Waals surface area contributed by atoms with E-state index in [-0.39, 0.29) is 11.7 Å². The summed E-state index contributed by atoms with van der Waals surface area (Å²) in [4.78, 5) is 27.2. The van der Waals surface area contributed by atoms with E-state index in [9.17, 15) is 9.59 Å². The highest BCUT2D eigenvalue weighted by atomic mass is 16.2. The molecule has 1 aliphatic rings. The number of ketones is 1. The van der Waals surface area contributed by atoms with E-state index in [1.165, 1.54) is 0 Å². The minimum Gasteiger partial charge on any atom is -0.370 e. The predicted octanol–water partition coefficient (Wildman–Crippen LogP) is 2.34.